The van der Waals surface area contributed by atoms with Crippen molar-refractivity contribution >= 4 is 14.3 Å². The molecule has 0 saturated heterocycles. The molecule has 0 aliphatic heterocycles. The Labute approximate surface area is 125 Å². The van der Waals surface area contributed by atoms with E-state index in [4.69, 9.17) is 9.16 Å². The Hall–Kier alpha value is -0.873. The number of ether oxygens (including phenoxy) is 1. The molecule has 0 aromatic rings. The molecular weight excluding hydrogens is 268 g/mol. The Bertz CT molecular complexity index is 329. The minimum absolute atomic E-state index is 0.122. The van der Waals surface area contributed by atoms with Crippen LogP contribution in [0.25, 0.3) is 0 Å². The number of esters is 1. The van der Waals surface area contributed by atoms with Gasteiger partial charge in [0.05, 0.1) is 0 Å². The summed E-state index contributed by atoms with van der Waals surface area (Å²) in [5, 5.41) is 0.196. The van der Waals surface area contributed by atoms with E-state index in [1.807, 2.05) is 6.08 Å². The van der Waals surface area contributed by atoms with E-state index in [1.165, 1.54) is 6.08 Å². The normalized spacial score (nSPS) is 13.7. The minimum atomic E-state index is -1.73. The summed E-state index contributed by atoms with van der Waals surface area (Å²) in [5.74, 6) is -0.369. The van der Waals surface area contributed by atoms with Gasteiger partial charge < -0.3 is 9.16 Å². The smallest absolute Gasteiger partial charge is 0.330 e. The van der Waals surface area contributed by atoms with Crippen LogP contribution < -0.4 is 0 Å². The summed E-state index contributed by atoms with van der Waals surface area (Å²) in [6.07, 6.45) is 5.25. The van der Waals surface area contributed by atoms with Crippen molar-refractivity contribution in [1.29, 1.82) is 0 Å². The van der Waals surface area contributed by atoms with Crippen LogP contribution in [0.3, 0.4) is 0 Å². The van der Waals surface area contributed by atoms with Gasteiger partial charge in [-0.25, -0.2) is 4.79 Å². The lowest BCUT2D eigenvalue weighted by atomic mass is 10.1. The molecule has 0 amide bonds. The summed E-state index contributed by atoms with van der Waals surface area (Å²) >= 11 is 0. The van der Waals surface area contributed by atoms with Crippen molar-refractivity contribution in [2.45, 2.75) is 64.3 Å². The quantitative estimate of drug-likeness (QED) is 0.273. The van der Waals surface area contributed by atoms with Crippen molar-refractivity contribution in [2.24, 2.45) is 0 Å². The van der Waals surface area contributed by atoms with Crippen LogP contribution in [0.2, 0.25) is 18.1 Å². The van der Waals surface area contributed by atoms with Gasteiger partial charge in [-0.2, -0.15) is 0 Å². The van der Waals surface area contributed by atoms with E-state index in [2.05, 4.69) is 47.0 Å². The number of hydrogen-bond acceptors (Lipinski definition) is 3. The van der Waals surface area contributed by atoms with Gasteiger partial charge in [-0.15, -0.1) is 6.58 Å². The first-order valence-corrected chi connectivity index (χ1v) is 10.1. The Morgan fingerprint density at radius 1 is 1.25 bits per heavy atom. The number of hydrogen-bond donors (Lipinski definition) is 0. The minimum Gasteiger partial charge on any atom is -0.459 e. The van der Waals surface area contributed by atoms with E-state index in [1.54, 1.807) is 0 Å². The van der Waals surface area contributed by atoms with Gasteiger partial charge in [-0.3, -0.25) is 0 Å². The first-order valence-electron chi connectivity index (χ1n) is 7.22. The second-order valence-corrected chi connectivity index (χ2v) is 11.3. The van der Waals surface area contributed by atoms with Gasteiger partial charge in [0.15, 0.2) is 8.32 Å². The standard InChI is InChI=1S/C16H30O3Si/c1-8-10-11-14(19-15(17)9-2)12-13-18-20(6,7)16(3,4)5/h8-9,14H,1-2,10-13H2,3-7H3/t14-/m0/s1. The highest BCUT2D eigenvalue weighted by molar-refractivity contribution is 6.74. The zero-order valence-corrected chi connectivity index (χ0v) is 14.7. The molecule has 0 bridgehead atoms. The summed E-state index contributed by atoms with van der Waals surface area (Å²) in [6, 6.07) is 0. The SMILES string of the molecule is C=CCC[C@@H](CCO[Si](C)(C)C(C)(C)C)OC(=O)C=C. The van der Waals surface area contributed by atoms with E-state index in [9.17, 15) is 4.79 Å². The molecule has 0 heterocycles. The van der Waals surface area contributed by atoms with Crippen LogP contribution in [0.1, 0.15) is 40.0 Å². The summed E-state index contributed by atoms with van der Waals surface area (Å²) in [5.41, 5.74) is 0. The van der Waals surface area contributed by atoms with Crippen LogP contribution >= 0.6 is 0 Å². The average molecular weight is 298 g/mol. The highest BCUT2D eigenvalue weighted by atomic mass is 28.4. The van der Waals surface area contributed by atoms with Crippen molar-refractivity contribution in [3.63, 3.8) is 0 Å². The Morgan fingerprint density at radius 2 is 1.85 bits per heavy atom. The van der Waals surface area contributed by atoms with Crippen molar-refractivity contribution in [3.05, 3.63) is 25.3 Å². The first-order chi connectivity index (χ1) is 9.14. The van der Waals surface area contributed by atoms with Crippen molar-refractivity contribution in [1.82, 2.24) is 0 Å². The highest BCUT2D eigenvalue weighted by Gasteiger charge is 2.37. The van der Waals surface area contributed by atoms with Gasteiger partial charge in [0.25, 0.3) is 0 Å². The highest BCUT2D eigenvalue weighted by Crippen LogP contribution is 2.36. The summed E-state index contributed by atoms with van der Waals surface area (Å²) in [4.78, 5) is 11.3. The largest absolute Gasteiger partial charge is 0.459 e. The molecule has 0 rings (SSSR count). The van der Waals surface area contributed by atoms with Crippen molar-refractivity contribution in [2.75, 3.05) is 6.61 Å². The van der Waals surface area contributed by atoms with E-state index in [0.717, 1.165) is 19.3 Å². The zero-order chi connectivity index (χ0) is 15.8. The molecule has 0 unspecified atom stereocenters. The fraction of sp³-hybridized carbons (Fsp3) is 0.688. The lowest BCUT2D eigenvalue weighted by Gasteiger charge is -2.36. The number of carbonyl (C=O) groups excluding carboxylic acids is 1. The maximum atomic E-state index is 11.3. The third kappa shape index (κ3) is 7.06. The van der Waals surface area contributed by atoms with Gasteiger partial charge in [-0.05, 0) is 31.0 Å². The van der Waals surface area contributed by atoms with E-state index in [-0.39, 0.29) is 17.1 Å². The molecule has 20 heavy (non-hydrogen) atoms. The molecule has 3 nitrogen and oxygen atoms in total. The maximum Gasteiger partial charge on any atom is 0.330 e. The molecule has 4 heteroatoms. The molecular formula is C16H30O3Si. The summed E-state index contributed by atoms with van der Waals surface area (Å²) in [7, 11) is -1.73. The fourth-order valence-corrected chi connectivity index (χ4v) is 2.50. The van der Waals surface area contributed by atoms with Gasteiger partial charge in [0, 0.05) is 19.1 Å². The van der Waals surface area contributed by atoms with Crippen LogP contribution in [0.5, 0.6) is 0 Å². The lowest BCUT2D eigenvalue weighted by Crippen LogP contribution is -2.41. The molecule has 116 valence electrons. The zero-order valence-electron chi connectivity index (χ0n) is 13.7. The van der Waals surface area contributed by atoms with E-state index >= 15 is 0 Å². The molecule has 1 atom stereocenters. The van der Waals surface area contributed by atoms with Crippen LogP contribution in [0.15, 0.2) is 25.3 Å². The first kappa shape index (κ1) is 19.1. The van der Waals surface area contributed by atoms with Gasteiger partial charge in [0.1, 0.15) is 6.10 Å². The van der Waals surface area contributed by atoms with Gasteiger partial charge in [-0.1, -0.05) is 33.4 Å². The molecule has 0 aromatic carbocycles. The Kier molecular flexibility index (Phi) is 8.05. The van der Waals surface area contributed by atoms with Gasteiger partial charge >= 0.3 is 5.97 Å². The van der Waals surface area contributed by atoms with E-state index < -0.39 is 8.32 Å². The fourth-order valence-electron chi connectivity index (χ4n) is 1.44. The third-order valence-electron chi connectivity index (χ3n) is 3.85. The average Bonchev–Trinajstić information content (AvgIpc) is 2.33. The monoisotopic (exact) mass is 298 g/mol. The van der Waals surface area contributed by atoms with Crippen LogP contribution in [0, 0.1) is 0 Å². The maximum absolute atomic E-state index is 11.3. The van der Waals surface area contributed by atoms with E-state index in [0.29, 0.717) is 6.61 Å². The molecule has 0 N–H and O–H groups in total. The van der Waals surface area contributed by atoms with Crippen LogP contribution in [0.4, 0.5) is 0 Å². The Balaban J connectivity index is 4.35. The van der Waals surface area contributed by atoms with Crippen LogP contribution in [-0.4, -0.2) is 27.0 Å². The molecule has 0 radical (unpaired) electrons. The summed E-state index contributed by atoms with van der Waals surface area (Å²) in [6.45, 7) is 18.8. The number of rotatable bonds is 9. The molecule has 0 aliphatic carbocycles. The predicted molar refractivity (Wildman–Crippen MR) is 87.3 cm³/mol. The van der Waals surface area contributed by atoms with Crippen molar-refractivity contribution < 1.29 is 14.0 Å². The Morgan fingerprint density at radius 3 is 2.30 bits per heavy atom. The second-order valence-electron chi connectivity index (χ2n) is 6.53. The summed E-state index contributed by atoms with van der Waals surface area (Å²) < 4.78 is 11.4. The van der Waals surface area contributed by atoms with Gasteiger partial charge in [0.2, 0.25) is 0 Å². The molecule has 0 spiro atoms. The predicted octanol–water partition coefficient (Wildman–Crippen LogP) is 4.46. The molecule has 0 aromatic heterocycles. The van der Waals surface area contributed by atoms with Crippen LogP contribution in [-0.2, 0) is 14.0 Å². The molecule has 0 fully saturated rings. The molecule has 0 saturated carbocycles. The topological polar surface area (TPSA) is 35.5 Å². The number of carbonyl (C=O) groups is 1. The lowest BCUT2D eigenvalue weighted by molar-refractivity contribution is -0.143. The molecule has 0 aliphatic rings. The third-order valence-corrected chi connectivity index (χ3v) is 8.39. The second kappa shape index (κ2) is 8.42. The van der Waals surface area contributed by atoms with Crippen molar-refractivity contribution in [3.8, 4) is 0 Å². The number of allylic oxidation sites excluding steroid dienone is 1.